The van der Waals surface area contributed by atoms with E-state index in [0.717, 1.165) is 23.3 Å². The smallest absolute Gasteiger partial charge is 0.240 e. The van der Waals surface area contributed by atoms with Crippen molar-refractivity contribution in [3.05, 3.63) is 59.2 Å². The second-order valence-corrected chi connectivity index (χ2v) is 8.43. The summed E-state index contributed by atoms with van der Waals surface area (Å²) in [5.41, 5.74) is 2.83. The number of hydrogen-bond donors (Lipinski definition) is 3. The minimum absolute atomic E-state index is 0.259. The summed E-state index contributed by atoms with van der Waals surface area (Å²) in [5.74, 6) is 1.46. The Bertz CT molecular complexity index is 925. The van der Waals surface area contributed by atoms with Gasteiger partial charge in [0.2, 0.25) is 10.0 Å². The van der Waals surface area contributed by atoms with Crippen LogP contribution in [0.25, 0.3) is 0 Å². The number of nitrogens with one attached hydrogen (secondary N) is 3. The molecule has 0 saturated carbocycles. The van der Waals surface area contributed by atoms with Gasteiger partial charge < -0.3 is 15.4 Å². The number of sulfonamides is 1. The highest BCUT2D eigenvalue weighted by molar-refractivity contribution is 7.89. The van der Waals surface area contributed by atoms with Crippen LogP contribution in [0.4, 0.5) is 0 Å². The van der Waals surface area contributed by atoms with E-state index in [0.29, 0.717) is 23.9 Å². The van der Waals surface area contributed by atoms with Gasteiger partial charge in [0.05, 0.1) is 12.0 Å². The highest BCUT2D eigenvalue weighted by Gasteiger charge is 2.16. The molecular weight excluding hydrogens is 388 g/mol. The molecule has 0 amide bonds. The molecule has 0 aromatic heterocycles. The van der Waals surface area contributed by atoms with E-state index >= 15 is 0 Å². The van der Waals surface area contributed by atoms with Crippen molar-refractivity contribution in [2.45, 2.75) is 25.2 Å². The number of methoxy groups -OCH3 is 1. The van der Waals surface area contributed by atoms with Gasteiger partial charge in [-0.3, -0.25) is 4.99 Å². The third-order valence-electron chi connectivity index (χ3n) is 4.43. The fourth-order valence-electron chi connectivity index (χ4n) is 2.78. The summed E-state index contributed by atoms with van der Waals surface area (Å²) in [7, 11) is -0.207. The molecule has 0 saturated heterocycles. The van der Waals surface area contributed by atoms with E-state index in [2.05, 4.69) is 20.3 Å². The van der Waals surface area contributed by atoms with Gasteiger partial charge in [-0.25, -0.2) is 13.1 Å². The summed E-state index contributed by atoms with van der Waals surface area (Å²) >= 11 is 0. The summed E-state index contributed by atoms with van der Waals surface area (Å²) in [6.07, 6.45) is 0.837. The molecule has 2 rings (SSSR count). The summed E-state index contributed by atoms with van der Waals surface area (Å²) in [5, 5.41) is 6.34. The molecule has 29 heavy (non-hydrogen) atoms. The highest BCUT2D eigenvalue weighted by Crippen LogP contribution is 2.16. The first kappa shape index (κ1) is 22.7. The van der Waals surface area contributed by atoms with Gasteiger partial charge in [0.15, 0.2) is 5.96 Å². The summed E-state index contributed by atoms with van der Waals surface area (Å²) < 4.78 is 32.8. The Morgan fingerprint density at radius 2 is 1.69 bits per heavy atom. The molecule has 158 valence electrons. The Labute approximate surface area is 173 Å². The Morgan fingerprint density at radius 3 is 2.34 bits per heavy atom. The van der Waals surface area contributed by atoms with Gasteiger partial charge in [-0.15, -0.1) is 0 Å². The van der Waals surface area contributed by atoms with Crippen molar-refractivity contribution in [1.29, 1.82) is 0 Å². The minimum Gasteiger partial charge on any atom is -0.497 e. The third kappa shape index (κ3) is 7.07. The quantitative estimate of drug-likeness (QED) is 0.329. The molecule has 3 N–H and O–H groups in total. The lowest BCUT2D eigenvalue weighted by molar-refractivity contribution is 0.414. The lowest BCUT2D eigenvalue weighted by Crippen LogP contribution is -2.42. The largest absolute Gasteiger partial charge is 0.497 e. The van der Waals surface area contributed by atoms with E-state index in [1.54, 1.807) is 27.1 Å². The Morgan fingerprint density at radius 1 is 1.00 bits per heavy atom. The topological polar surface area (TPSA) is 91.8 Å². The van der Waals surface area contributed by atoms with E-state index in [1.165, 1.54) is 5.56 Å². The molecule has 0 heterocycles. The van der Waals surface area contributed by atoms with Crippen molar-refractivity contribution in [3.8, 4) is 5.75 Å². The number of nitrogens with zero attached hydrogens (tertiary/aromatic N) is 1. The molecule has 0 aliphatic rings. The van der Waals surface area contributed by atoms with Crippen LogP contribution >= 0.6 is 0 Å². The lowest BCUT2D eigenvalue weighted by atomic mass is 10.1. The molecular formula is C21H30N4O3S. The zero-order chi connectivity index (χ0) is 21.3. The second kappa shape index (κ2) is 10.8. The van der Waals surface area contributed by atoms with Crippen LogP contribution in [0.5, 0.6) is 5.75 Å². The van der Waals surface area contributed by atoms with Crippen LogP contribution in [0.3, 0.4) is 0 Å². The average Bonchev–Trinajstić information content (AvgIpc) is 2.72. The molecule has 7 nitrogen and oxygen atoms in total. The summed E-state index contributed by atoms with van der Waals surface area (Å²) in [6.45, 7) is 5.06. The number of ether oxygens (including phenoxy) is 1. The zero-order valence-corrected chi connectivity index (χ0v) is 18.3. The van der Waals surface area contributed by atoms with Crippen molar-refractivity contribution in [2.75, 3.05) is 33.8 Å². The standard InChI is InChI=1S/C21H30N4O3S/c1-16-5-6-17(2)20(15-16)29(26,27)25-14-13-24-21(22-3)23-12-11-18-7-9-19(28-4)10-8-18/h5-10,15,25H,11-14H2,1-4H3,(H2,22,23,24). The SMILES string of the molecule is CN=C(NCCNS(=O)(=O)c1cc(C)ccc1C)NCCc1ccc(OC)cc1. The number of aliphatic imine (C=N–C) groups is 1. The Kier molecular flexibility index (Phi) is 8.48. The number of hydrogen-bond acceptors (Lipinski definition) is 4. The lowest BCUT2D eigenvalue weighted by Gasteiger charge is -2.13. The fraction of sp³-hybridized carbons (Fsp3) is 0.381. The number of aryl methyl sites for hydroxylation is 2. The predicted octanol–water partition coefficient (Wildman–Crippen LogP) is 2.00. The summed E-state index contributed by atoms with van der Waals surface area (Å²) in [4.78, 5) is 4.48. The molecule has 2 aromatic rings. The van der Waals surface area contributed by atoms with Crippen LogP contribution in [0, 0.1) is 13.8 Å². The molecule has 0 fully saturated rings. The highest BCUT2D eigenvalue weighted by atomic mass is 32.2. The van der Waals surface area contributed by atoms with Crippen LogP contribution in [0.2, 0.25) is 0 Å². The van der Waals surface area contributed by atoms with Crippen molar-refractivity contribution in [2.24, 2.45) is 4.99 Å². The Balaban J connectivity index is 1.75. The maximum Gasteiger partial charge on any atom is 0.240 e. The first-order chi connectivity index (χ1) is 13.9. The van der Waals surface area contributed by atoms with E-state index < -0.39 is 10.0 Å². The van der Waals surface area contributed by atoms with Crippen LogP contribution < -0.4 is 20.1 Å². The molecule has 0 aliphatic heterocycles. The minimum atomic E-state index is -3.54. The van der Waals surface area contributed by atoms with Gasteiger partial charge in [-0.1, -0.05) is 24.3 Å². The normalized spacial score (nSPS) is 11.9. The first-order valence-electron chi connectivity index (χ1n) is 9.50. The zero-order valence-electron chi connectivity index (χ0n) is 17.5. The van der Waals surface area contributed by atoms with Gasteiger partial charge in [-0.2, -0.15) is 0 Å². The maximum atomic E-state index is 12.5. The van der Waals surface area contributed by atoms with E-state index in [9.17, 15) is 8.42 Å². The molecule has 2 aromatic carbocycles. The number of rotatable bonds is 9. The molecule has 0 unspecified atom stereocenters. The molecule has 8 heteroatoms. The van der Waals surface area contributed by atoms with Gasteiger partial charge >= 0.3 is 0 Å². The average molecular weight is 419 g/mol. The summed E-state index contributed by atoms with van der Waals surface area (Å²) in [6, 6.07) is 13.3. The monoisotopic (exact) mass is 418 g/mol. The van der Waals surface area contributed by atoms with Crippen LogP contribution in [-0.4, -0.2) is 48.2 Å². The van der Waals surface area contributed by atoms with Gasteiger partial charge in [0, 0.05) is 26.7 Å². The van der Waals surface area contributed by atoms with Crippen LogP contribution in [0.15, 0.2) is 52.4 Å². The molecule has 0 aliphatic carbocycles. The van der Waals surface area contributed by atoms with Crippen molar-refractivity contribution in [3.63, 3.8) is 0 Å². The van der Waals surface area contributed by atoms with Gasteiger partial charge in [0.25, 0.3) is 0 Å². The van der Waals surface area contributed by atoms with E-state index in [4.69, 9.17) is 4.74 Å². The number of benzene rings is 2. The second-order valence-electron chi connectivity index (χ2n) is 6.69. The first-order valence-corrected chi connectivity index (χ1v) is 11.0. The fourth-order valence-corrected chi connectivity index (χ4v) is 4.14. The third-order valence-corrected chi connectivity index (χ3v) is 6.03. The van der Waals surface area contributed by atoms with E-state index in [1.807, 2.05) is 43.3 Å². The van der Waals surface area contributed by atoms with Crippen LogP contribution in [0.1, 0.15) is 16.7 Å². The molecule has 0 radical (unpaired) electrons. The Hall–Kier alpha value is -2.58. The number of guanidine groups is 1. The maximum absolute atomic E-state index is 12.5. The van der Waals surface area contributed by atoms with Crippen molar-refractivity contribution in [1.82, 2.24) is 15.4 Å². The van der Waals surface area contributed by atoms with Gasteiger partial charge in [0.1, 0.15) is 5.75 Å². The predicted molar refractivity (Wildman–Crippen MR) is 117 cm³/mol. The van der Waals surface area contributed by atoms with Crippen LogP contribution in [-0.2, 0) is 16.4 Å². The van der Waals surface area contributed by atoms with E-state index in [-0.39, 0.29) is 6.54 Å². The molecule has 0 atom stereocenters. The van der Waals surface area contributed by atoms with Crippen molar-refractivity contribution < 1.29 is 13.2 Å². The molecule has 0 bridgehead atoms. The van der Waals surface area contributed by atoms with Crippen molar-refractivity contribution >= 4 is 16.0 Å². The molecule has 0 spiro atoms. The van der Waals surface area contributed by atoms with Gasteiger partial charge in [-0.05, 0) is 55.2 Å².